The summed E-state index contributed by atoms with van der Waals surface area (Å²) in [5, 5.41) is 10.2. The minimum Gasteiger partial charge on any atom is -0.493 e. The van der Waals surface area contributed by atoms with Crippen molar-refractivity contribution in [3.05, 3.63) is 29.8 Å². The predicted octanol–water partition coefficient (Wildman–Crippen LogP) is 4.52. The zero-order chi connectivity index (χ0) is 17.2. The van der Waals surface area contributed by atoms with Gasteiger partial charge in [-0.25, -0.2) is 0 Å². The number of benzene rings is 1. The van der Waals surface area contributed by atoms with Gasteiger partial charge in [0.2, 0.25) is 0 Å². The first-order valence-electron chi connectivity index (χ1n) is 6.76. The zero-order valence-corrected chi connectivity index (χ0v) is 12.5. The molecule has 0 amide bonds. The molecule has 1 atom stereocenters. The molecule has 1 unspecified atom stereocenters. The number of hydrogen-bond donors (Lipinski definition) is 1. The Balaban J connectivity index is 3.07. The van der Waals surface area contributed by atoms with Crippen LogP contribution < -0.4 is 4.74 Å². The minimum absolute atomic E-state index is 0.0965. The van der Waals surface area contributed by atoms with Crippen LogP contribution in [0, 0.1) is 5.92 Å². The van der Waals surface area contributed by atoms with Gasteiger partial charge in [0, 0.05) is 5.56 Å². The lowest BCUT2D eigenvalue weighted by atomic mass is 9.88. The molecule has 0 bridgehead atoms. The van der Waals surface area contributed by atoms with Crippen molar-refractivity contribution in [1.82, 2.24) is 0 Å². The van der Waals surface area contributed by atoms with Crippen LogP contribution in [0.3, 0.4) is 0 Å². The van der Waals surface area contributed by atoms with Crippen molar-refractivity contribution in [2.24, 2.45) is 5.92 Å². The van der Waals surface area contributed by atoms with Crippen LogP contribution in [0.2, 0.25) is 0 Å². The molecule has 0 saturated carbocycles. The summed E-state index contributed by atoms with van der Waals surface area (Å²) in [7, 11) is 0. The Morgan fingerprint density at radius 2 is 1.64 bits per heavy atom. The standard InChI is InChI=1S/C15H19F5O2/c1-10(2)8-22-12-7-5-4-6-11(12)13(3,21)9-14(16,17)15(18,19)20/h4-7,10,21H,8-9H2,1-3H3. The third-order valence-electron chi connectivity index (χ3n) is 3.02. The molecule has 0 fully saturated rings. The topological polar surface area (TPSA) is 29.5 Å². The van der Waals surface area contributed by atoms with Gasteiger partial charge in [-0.05, 0) is 18.9 Å². The van der Waals surface area contributed by atoms with Crippen molar-refractivity contribution in [2.45, 2.75) is 44.9 Å². The maximum Gasteiger partial charge on any atom is 0.453 e. The summed E-state index contributed by atoms with van der Waals surface area (Å²) >= 11 is 0. The number of para-hydroxylation sites is 1. The van der Waals surface area contributed by atoms with Crippen molar-refractivity contribution in [1.29, 1.82) is 0 Å². The molecule has 0 spiro atoms. The Morgan fingerprint density at radius 1 is 1.09 bits per heavy atom. The second kappa shape index (κ2) is 6.40. The molecule has 0 aliphatic heterocycles. The van der Waals surface area contributed by atoms with Gasteiger partial charge in [-0.15, -0.1) is 0 Å². The average Bonchev–Trinajstić information content (AvgIpc) is 2.34. The minimum atomic E-state index is -5.72. The van der Waals surface area contributed by atoms with E-state index in [9.17, 15) is 27.1 Å². The molecular formula is C15H19F5O2. The van der Waals surface area contributed by atoms with Gasteiger partial charge in [0.1, 0.15) is 5.75 Å². The van der Waals surface area contributed by atoms with Crippen LogP contribution in [0.1, 0.15) is 32.8 Å². The van der Waals surface area contributed by atoms with E-state index in [2.05, 4.69) is 0 Å². The highest BCUT2D eigenvalue weighted by Gasteiger charge is 2.60. The number of ether oxygens (including phenoxy) is 1. The molecule has 126 valence electrons. The number of alkyl halides is 5. The van der Waals surface area contributed by atoms with Gasteiger partial charge in [0.15, 0.2) is 0 Å². The molecule has 2 nitrogen and oxygen atoms in total. The number of halogens is 5. The molecule has 0 radical (unpaired) electrons. The molecule has 22 heavy (non-hydrogen) atoms. The molecule has 1 aromatic carbocycles. The highest BCUT2D eigenvalue weighted by molar-refractivity contribution is 5.38. The van der Waals surface area contributed by atoms with Gasteiger partial charge < -0.3 is 9.84 Å². The SMILES string of the molecule is CC(C)COc1ccccc1C(C)(O)CC(F)(F)C(F)(F)F. The molecule has 0 heterocycles. The van der Waals surface area contributed by atoms with E-state index < -0.39 is 24.1 Å². The molecule has 0 aliphatic rings. The quantitative estimate of drug-likeness (QED) is 0.779. The maximum atomic E-state index is 13.2. The van der Waals surface area contributed by atoms with Crippen molar-refractivity contribution >= 4 is 0 Å². The van der Waals surface area contributed by atoms with Gasteiger partial charge >= 0.3 is 12.1 Å². The van der Waals surface area contributed by atoms with Crippen LogP contribution in [0.15, 0.2) is 24.3 Å². The fourth-order valence-electron chi connectivity index (χ4n) is 1.92. The second-order valence-corrected chi connectivity index (χ2v) is 5.85. The molecule has 1 N–H and O–H groups in total. The molecule has 0 saturated heterocycles. The summed E-state index contributed by atoms with van der Waals surface area (Å²) in [6.07, 6.45) is -7.49. The van der Waals surface area contributed by atoms with E-state index in [4.69, 9.17) is 4.74 Å². The van der Waals surface area contributed by atoms with Gasteiger partial charge in [0.05, 0.1) is 18.6 Å². The Kier molecular flexibility index (Phi) is 5.43. The molecule has 1 rings (SSSR count). The third-order valence-corrected chi connectivity index (χ3v) is 3.02. The fraction of sp³-hybridized carbons (Fsp3) is 0.600. The summed E-state index contributed by atoms with van der Waals surface area (Å²) in [5.74, 6) is -4.77. The van der Waals surface area contributed by atoms with E-state index in [-0.39, 0.29) is 23.8 Å². The lowest BCUT2D eigenvalue weighted by molar-refractivity contribution is -0.297. The first-order valence-corrected chi connectivity index (χ1v) is 6.76. The summed E-state index contributed by atoms with van der Waals surface area (Å²) in [5.41, 5.74) is -2.48. The Morgan fingerprint density at radius 3 is 2.14 bits per heavy atom. The Hall–Kier alpha value is -1.37. The monoisotopic (exact) mass is 326 g/mol. The number of rotatable bonds is 6. The summed E-state index contributed by atoms with van der Waals surface area (Å²) in [4.78, 5) is 0. The van der Waals surface area contributed by atoms with E-state index in [0.717, 1.165) is 6.92 Å². The molecule has 0 aliphatic carbocycles. The molecule has 7 heteroatoms. The summed E-state index contributed by atoms with van der Waals surface area (Å²) in [6, 6.07) is 5.70. The van der Waals surface area contributed by atoms with E-state index in [0.29, 0.717) is 0 Å². The van der Waals surface area contributed by atoms with Crippen molar-refractivity contribution in [3.8, 4) is 5.75 Å². The van der Waals surface area contributed by atoms with Gasteiger partial charge in [-0.1, -0.05) is 32.0 Å². The van der Waals surface area contributed by atoms with Crippen molar-refractivity contribution < 1.29 is 31.8 Å². The third kappa shape index (κ3) is 4.56. The average molecular weight is 326 g/mol. The zero-order valence-electron chi connectivity index (χ0n) is 12.5. The molecular weight excluding hydrogens is 307 g/mol. The maximum absolute atomic E-state index is 13.2. The van der Waals surface area contributed by atoms with Gasteiger partial charge in [0.25, 0.3) is 0 Å². The van der Waals surface area contributed by atoms with E-state index in [1.54, 1.807) is 6.07 Å². The molecule has 0 aromatic heterocycles. The fourth-order valence-corrected chi connectivity index (χ4v) is 1.92. The molecule has 1 aromatic rings. The predicted molar refractivity (Wildman–Crippen MR) is 72.0 cm³/mol. The first-order chi connectivity index (χ1) is 9.87. The first kappa shape index (κ1) is 18.7. The van der Waals surface area contributed by atoms with Crippen LogP contribution in [0.5, 0.6) is 5.75 Å². The lowest BCUT2D eigenvalue weighted by Crippen LogP contribution is -2.42. The normalized spacial score (nSPS) is 15.7. The van der Waals surface area contributed by atoms with Gasteiger partial charge in [-0.3, -0.25) is 0 Å². The lowest BCUT2D eigenvalue weighted by Gasteiger charge is -2.31. The number of aliphatic hydroxyl groups is 1. The van der Waals surface area contributed by atoms with Crippen LogP contribution in [-0.2, 0) is 5.60 Å². The summed E-state index contributed by atoms with van der Waals surface area (Å²) < 4.78 is 68.9. The van der Waals surface area contributed by atoms with E-state index >= 15 is 0 Å². The van der Waals surface area contributed by atoms with Crippen LogP contribution >= 0.6 is 0 Å². The second-order valence-electron chi connectivity index (χ2n) is 5.85. The highest BCUT2D eigenvalue weighted by atomic mass is 19.4. The number of hydrogen-bond acceptors (Lipinski definition) is 2. The van der Waals surface area contributed by atoms with E-state index in [1.807, 2.05) is 13.8 Å². The van der Waals surface area contributed by atoms with Crippen LogP contribution in [0.25, 0.3) is 0 Å². The van der Waals surface area contributed by atoms with Crippen molar-refractivity contribution in [2.75, 3.05) is 6.61 Å². The van der Waals surface area contributed by atoms with Gasteiger partial charge in [-0.2, -0.15) is 22.0 Å². The van der Waals surface area contributed by atoms with Crippen LogP contribution in [-0.4, -0.2) is 23.8 Å². The smallest absolute Gasteiger partial charge is 0.453 e. The van der Waals surface area contributed by atoms with Crippen LogP contribution in [0.4, 0.5) is 22.0 Å². The highest BCUT2D eigenvalue weighted by Crippen LogP contribution is 2.45. The van der Waals surface area contributed by atoms with Crippen molar-refractivity contribution in [3.63, 3.8) is 0 Å². The van der Waals surface area contributed by atoms with E-state index in [1.165, 1.54) is 18.2 Å². The largest absolute Gasteiger partial charge is 0.493 e. The Bertz CT molecular complexity index is 495. The summed E-state index contributed by atoms with van der Waals surface area (Å²) in [6.45, 7) is 4.89. The Labute approximate surface area is 125 Å².